The van der Waals surface area contributed by atoms with Crippen LogP contribution in [0.25, 0.3) is 10.9 Å². The van der Waals surface area contributed by atoms with Crippen molar-refractivity contribution >= 4 is 16.8 Å². The number of halogens is 1. The minimum absolute atomic E-state index is 0.0801. The van der Waals surface area contributed by atoms with Crippen LogP contribution in [0.3, 0.4) is 0 Å². The van der Waals surface area contributed by atoms with Crippen molar-refractivity contribution in [1.29, 1.82) is 0 Å². The summed E-state index contributed by atoms with van der Waals surface area (Å²) < 4.78 is 17.4. The molecule has 33 heavy (non-hydrogen) atoms. The molecule has 0 bridgehead atoms. The summed E-state index contributed by atoms with van der Waals surface area (Å²) in [4.78, 5) is 37.7. The minimum Gasteiger partial charge on any atom is -0.289 e. The Morgan fingerprint density at radius 2 is 1.64 bits per heavy atom. The maximum atomic E-state index is 14.8. The molecule has 0 radical (unpaired) electrons. The lowest BCUT2D eigenvalue weighted by Crippen LogP contribution is -2.40. The average Bonchev–Trinajstić information content (AvgIpc) is 2.83. The number of rotatable bonds is 7. The number of nitrogens with one attached hydrogen (secondary N) is 1. The third kappa shape index (κ3) is 4.75. The summed E-state index contributed by atoms with van der Waals surface area (Å²) in [5.74, 6) is -1.24. The summed E-state index contributed by atoms with van der Waals surface area (Å²) in [6.45, 7) is 0.119. The van der Waals surface area contributed by atoms with E-state index >= 15 is 0 Å². The van der Waals surface area contributed by atoms with Gasteiger partial charge in [0.15, 0.2) is 0 Å². The zero-order valence-electron chi connectivity index (χ0n) is 17.7. The topological polar surface area (TPSA) is 93.3 Å². The number of hydroxylamine groups is 1. The molecule has 168 valence electrons. The number of aryl methyl sites for hydroxylation is 1. The van der Waals surface area contributed by atoms with E-state index in [2.05, 4.69) is 0 Å². The molecule has 1 heterocycles. The van der Waals surface area contributed by atoms with Crippen LogP contribution in [0.1, 0.15) is 16.7 Å². The van der Waals surface area contributed by atoms with Gasteiger partial charge in [-0.25, -0.2) is 14.7 Å². The van der Waals surface area contributed by atoms with Crippen molar-refractivity contribution in [2.75, 3.05) is 0 Å². The monoisotopic (exact) mass is 447 g/mol. The lowest BCUT2D eigenvalue weighted by Gasteiger charge is -2.15. The number of carbonyl (C=O) groups is 1. The van der Waals surface area contributed by atoms with E-state index in [-0.39, 0.29) is 30.6 Å². The standard InChI is InChI=1S/C25H22FN3O4/c26-21-14-18(15-23(30)27-33)10-11-19(21)16-29-22-9-5-4-8-20(22)24(31)28(25(29)32)13-12-17-6-2-1-3-7-17/h1-11,14,33H,12-13,15-16H2,(H,27,30). The number of hydrogen-bond acceptors (Lipinski definition) is 4. The smallest absolute Gasteiger partial charge is 0.289 e. The van der Waals surface area contributed by atoms with E-state index in [1.54, 1.807) is 30.3 Å². The molecule has 1 aromatic heterocycles. The Hall–Kier alpha value is -4.04. The highest BCUT2D eigenvalue weighted by Crippen LogP contribution is 2.15. The Morgan fingerprint density at radius 3 is 2.36 bits per heavy atom. The summed E-state index contributed by atoms with van der Waals surface area (Å²) in [6.07, 6.45) is 0.325. The molecular weight excluding hydrogens is 425 g/mol. The summed E-state index contributed by atoms with van der Waals surface area (Å²) >= 11 is 0. The molecule has 0 aliphatic carbocycles. The number of hydrogen-bond donors (Lipinski definition) is 2. The molecule has 0 spiro atoms. The predicted molar refractivity (Wildman–Crippen MR) is 122 cm³/mol. The SMILES string of the molecule is O=C(Cc1ccc(Cn2c(=O)n(CCc3ccccc3)c(=O)c3ccccc32)c(F)c1)NO. The number of para-hydroxylation sites is 1. The van der Waals surface area contributed by atoms with Gasteiger partial charge in [0.05, 0.1) is 23.9 Å². The van der Waals surface area contributed by atoms with Crippen LogP contribution < -0.4 is 16.7 Å². The third-order valence-electron chi connectivity index (χ3n) is 5.53. The van der Waals surface area contributed by atoms with Gasteiger partial charge in [-0.15, -0.1) is 0 Å². The van der Waals surface area contributed by atoms with Gasteiger partial charge in [-0.3, -0.25) is 23.9 Å². The van der Waals surface area contributed by atoms with Crippen molar-refractivity contribution in [3.63, 3.8) is 0 Å². The largest absolute Gasteiger partial charge is 0.331 e. The first-order chi connectivity index (χ1) is 16.0. The molecule has 0 fully saturated rings. The van der Waals surface area contributed by atoms with Crippen LogP contribution in [0.4, 0.5) is 4.39 Å². The van der Waals surface area contributed by atoms with Crippen LogP contribution >= 0.6 is 0 Å². The van der Waals surface area contributed by atoms with Crippen LogP contribution in [-0.2, 0) is 30.7 Å². The number of aromatic nitrogens is 2. The van der Waals surface area contributed by atoms with E-state index in [0.29, 0.717) is 22.9 Å². The van der Waals surface area contributed by atoms with Gasteiger partial charge in [-0.1, -0.05) is 54.6 Å². The highest BCUT2D eigenvalue weighted by Gasteiger charge is 2.15. The Bertz CT molecular complexity index is 1430. The lowest BCUT2D eigenvalue weighted by molar-refractivity contribution is -0.128. The van der Waals surface area contributed by atoms with Crippen molar-refractivity contribution in [3.05, 3.63) is 116 Å². The fraction of sp³-hybridized carbons (Fsp3) is 0.160. The molecule has 8 heteroatoms. The summed E-state index contributed by atoms with van der Waals surface area (Å²) in [5.41, 5.74) is 2.66. The number of benzene rings is 3. The Labute approximate surface area is 188 Å². The molecule has 0 saturated carbocycles. The van der Waals surface area contributed by atoms with Gasteiger partial charge in [0.1, 0.15) is 5.82 Å². The van der Waals surface area contributed by atoms with Crippen molar-refractivity contribution in [2.45, 2.75) is 25.9 Å². The number of amides is 1. The van der Waals surface area contributed by atoms with E-state index < -0.39 is 17.4 Å². The van der Waals surface area contributed by atoms with E-state index in [4.69, 9.17) is 5.21 Å². The van der Waals surface area contributed by atoms with Crippen LogP contribution in [0.5, 0.6) is 0 Å². The highest BCUT2D eigenvalue weighted by molar-refractivity contribution is 5.78. The second kappa shape index (κ2) is 9.62. The molecule has 0 aliphatic heterocycles. The van der Waals surface area contributed by atoms with Crippen LogP contribution in [0, 0.1) is 5.82 Å². The molecule has 4 rings (SSSR count). The highest BCUT2D eigenvalue weighted by atomic mass is 19.1. The zero-order chi connectivity index (χ0) is 23.4. The fourth-order valence-electron chi connectivity index (χ4n) is 3.83. The second-order valence-corrected chi connectivity index (χ2v) is 7.72. The van der Waals surface area contributed by atoms with Gasteiger partial charge in [-0.05, 0) is 35.7 Å². The van der Waals surface area contributed by atoms with Crippen molar-refractivity contribution in [3.8, 4) is 0 Å². The summed E-state index contributed by atoms with van der Waals surface area (Å²) in [6, 6.07) is 20.6. The Kier molecular flexibility index (Phi) is 6.46. The van der Waals surface area contributed by atoms with Gasteiger partial charge in [0.2, 0.25) is 5.91 Å². The molecule has 0 atom stereocenters. The first-order valence-corrected chi connectivity index (χ1v) is 10.4. The molecular formula is C25H22FN3O4. The molecule has 1 amide bonds. The van der Waals surface area contributed by atoms with E-state index in [1.807, 2.05) is 30.3 Å². The quantitative estimate of drug-likeness (QED) is 0.337. The molecule has 4 aromatic rings. The van der Waals surface area contributed by atoms with Gasteiger partial charge in [0.25, 0.3) is 5.56 Å². The van der Waals surface area contributed by atoms with Gasteiger partial charge >= 0.3 is 5.69 Å². The minimum atomic E-state index is -0.658. The Balaban J connectivity index is 1.73. The molecule has 3 aromatic carbocycles. The van der Waals surface area contributed by atoms with Crippen molar-refractivity contribution < 1.29 is 14.4 Å². The number of carbonyl (C=O) groups excluding carboxylic acids is 1. The third-order valence-corrected chi connectivity index (χ3v) is 5.53. The first kappa shape index (κ1) is 22.2. The first-order valence-electron chi connectivity index (χ1n) is 10.4. The average molecular weight is 447 g/mol. The van der Waals surface area contributed by atoms with Crippen LogP contribution in [-0.4, -0.2) is 20.2 Å². The zero-order valence-corrected chi connectivity index (χ0v) is 17.7. The summed E-state index contributed by atoms with van der Waals surface area (Å²) in [5, 5.41) is 9.03. The molecule has 0 aliphatic rings. The molecule has 0 unspecified atom stereocenters. The molecule has 7 nitrogen and oxygen atoms in total. The second-order valence-electron chi connectivity index (χ2n) is 7.72. The van der Waals surface area contributed by atoms with E-state index in [9.17, 15) is 18.8 Å². The fourth-order valence-corrected chi connectivity index (χ4v) is 3.83. The van der Waals surface area contributed by atoms with Gasteiger partial charge < -0.3 is 0 Å². The summed E-state index contributed by atoms with van der Waals surface area (Å²) in [7, 11) is 0. The van der Waals surface area contributed by atoms with E-state index in [1.165, 1.54) is 26.7 Å². The van der Waals surface area contributed by atoms with Crippen LogP contribution in [0.15, 0.2) is 82.4 Å². The lowest BCUT2D eigenvalue weighted by atomic mass is 10.1. The van der Waals surface area contributed by atoms with Crippen molar-refractivity contribution in [2.24, 2.45) is 0 Å². The molecule has 0 saturated heterocycles. The molecule has 2 N–H and O–H groups in total. The predicted octanol–water partition coefficient (Wildman–Crippen LogP) is 2.64. The van der Waals surface area contributed by atoms with E-state index in [0.717, 1.165) is 5.56 Å². The number of fused-ring (bicyclic) bond motifs is 1. The van der Waals surface area contributed by atoms with Crippen LogP contribution in [0.2, 0.25) is 0 Å². The van der Waals surface area contributed by atoms with Gasteiger partial charge in [-0.2, -0.15) is 0 Å². The normalized spacial score (nSPS) is 11.0. The Morgan fingerprint density at radius 1 is 0.909 bits per heavy atom. The maximum Gasteiger partial charge on any atom is 0.331 e. The maximum absolute atomic E-state index is 14.8. The number of nitrogens with zero attached hydrogens (tertiary/aromatic N) is 2. The van der Waals surface area contributed by atoms with Gasteiger partial charge in [0, 0.05) is 12.1 Å². The van der Waals surface area contributed by atoms with Crippen molar-refractivity contribution in [1.82, 2.24) is 14.6 Å².